The first kappa shape index (κ1) is 55.2. The van der Waals surface area contributed by atoms with E-state index in [4.69, 9.17) is 14.2 Å². The Bertz CT molecular complexity index is 1150. The van der Waals surface area contributed by atoms with Crippen LogP contribution in [-0.2, 0) is 25.4 Å². The molecule has 0 aromatic heterocycles. The monoisotopic (exact) mass is 846 g/mol. The molecule has 60 heavy (non-hydrogen) atoms. The van der Waals surface area contributed by atoms with Gasteiger partial charge in [-0.1, -0.05) is 185 Å². The van der Waals surface area contributed by atoms with E-state index in [1.807, 2.05) is 32.0 Å². The molecule has 0 bridgehead atoms. The van der Waals surface area contributed by atoms with Crippen LogP contribution in [0.4, 0.5) is 9.59 Å². The summed E-state index contributed by atoms with van der Waals surface area (Å²) in [5.41, 5.74) is 0.569. The van der Waals surface area contributed by atoms with Crippen LogP contribution in [0.15, 0.2) is 30.3 Å². The number of carbonyl (C=O) groups excluding carboxylic acids is 2. The first-order chi connectivity index (χ1) is 29.2. The lowest BCUT2D eigenvalue weighted by Crippen LogP contribution is -2.48. The molecule has 348 valence electrons. The second-order valence-corrected chi connectivity index (χ2v) is 17.7. The summed E-state index contributed by atoms with van der Waals surface area (Å²) in [6.07, 6.45) is 31.7. The van der Waals surface area contributed by atoms with Gasteiger partial charge in [-0.05, 0) is 64.4 Å². The molecule has 0 saturated carbocycles. The summed E-state index contributed by atoms with van der Waals surface area (Å²) in [6.45, 7) is 10.6. The van der Waals surface area contributed by atoms with Crippen LogP contribution in [0.5, 0.6) is 0 Å². The molecule has 0 radical (unpaired) electrons. The SMILES string of the molecule is CCCCCCCCCCCCCCOCC(CNC(=O)[C@@H](CCCCNC(=O)OC(C)(C)CCc1ccccc1)NC(=O)O)OCCCCCCCCCCCCCC. The molecule has 0 heterocycles. The Hall–Kier alpha value is -2.85. The normalized spacial score (nSPS) is 12.5. The molecule has 1 aromatic rings. The molecule has 10 nitrogen and oxygen atoms in total. The van der Waals surface area contributed by atoms with Gasteiger partial charge in [-0.2, -0.15) is 0 Å². The zero-order valence-corrected chi connectivity index (χ0v) is 39.0. The zero-order valence-electron chi connectivity index (χ0n) is 39.0. The third-order valence-electron chi connectivity index (χ3n) is 11.3. The van der Waals surface area contributed by atoms with Crippen LogP contribution >= 0.6 is 0 Å². The van der Waals surface area contributed by atoms with E-state index in [9.17, 15) is 19.5 Å². The molecule has 0 fully saturated rings. The van der Waals surface area contributed by atoms with E-state index in [0.29, 0.717) is 52.0 Å². The van der Waals surface area contributed by atoms with Gasteiger partial charge in [0.05, 0.1) is 12.7 Å². The average molecular weight is 846 g/mol. The van der Waals surface area contributed by atoms with E-state index < -0.39 is 23.8 Å². The molecule has 1 rings (SSSR count). The third kappa shape index (κ3) is 34.8. The van der Waals surface area contributed by atoms with Crippen LogP contribution in [0.1, 0.15) is 213 Å². The smallest absolute Gasteiger partial charge is 0.407 e. The molecule has 2 atom stereocenters. The standard InChI is InChI=1S/C50H91N3O7/c1-5-7-9-11-13-15-17-19-21-23-25-32-40-58-43-45(59-41-33-26-24-22-20-18-16-14-12-10-8-6-2)42-52-47(54)46(53-48(55)56)36-30-31-39-51-49(57)60-50(3,4)38-37-44-34-28-27-29-35-44/h27-29,34-35,45-46,53H,5-26,30-33,36-43H2,1-4H3,(H,51,57)(H,52,54)(H,55,56)/t45?,46-/m1/s1. The highest BCUT2D eigenvalue weighted by atomic mass is 16.6. The van der Waals surface area contributed by atoms with Crippen molar-refractivity contribution < 1.29 is 33.7 Å². The fraction of sp³-hybridized carbons (Fsp3) is 0.820. The Morgan fingerprint density at radius 2 is 1.13 bits per heavy atom. The average Bonchev–Trinajstić information content (AvgIpc) is 3.22. The number of benzene rings is 1. The second-order valence-electron chi connectivity index (χ2n) is 17.7. The highest BCUT2D eigenvalue weighted by molar-refractivity contribution is 5.85. The number of rotatable bonds is 42. The van der Waals surface area contributed by atoms with Crippen LogP contribution in [0, 0.1) is 0 Å². The molecular weight excluding hydrogens is 755 g/mol. The quantitative estimate of drug-likeness (QED) is 0.0481. The number of ether oxygens (including phenoxy) is 3. The summed E-state index contributed by atoms with van der Waals surface area (Å²) < 4.78 is 18.0. The van der Waals surface area contributed by atoms with Gasteiger partial charge in [0.25, 0.3) is 0 Å². The number of alkyl carbamates (subject to hydrolysis) is 1. The molecule has 1 unspecified atom stereocenters. The van der Waals surface area contributed by atoms with Crippen LogP contribution < -0.4 is 16.0 Å². The van der Waals surface area contributed by atoms with E-state index >= 15 is 0 Å². The minimum Gasteiger partial charge on any atom is -0.465 e. The van der Waals surface area contributed by atoms with Crippen molar-refractivity contribution in [2.45, 2.75) is 232 Å². The molecule has 0 aliphatic heterocycles. The van der Waals surface area contributed by atoms with Gasteiger partial charge in [-0.3, -0.25) is 4.79 Å². The lowest BCUT2D eigenvalue weighted by atomic mass is 9.99. The summed E-state index contributed by atoms with van der Waals surface area (Å²) >= 11 is 0. The highest BCUT2D eigenvalue weighted by Gasteiger charge is 2.24. The minimum absolute atomic E-state index is 0.251. The van der Waals surface area contributed by atoms with Gasteiger partial charge in [-0.25, -0.2) is 9.59 Å². The minimum atomic E-state index is -1.25. The Kier molecular flexibility index (Phi) is 35.9. The van der Waals surface area contributed by atoms with Crippen LogP contribution in [0.2, 0.25) is 0 Å². The molecule has 10 heteroatoms. The topological polar surface area (TPSA) is 135 Å². The molecule has 0 saturated heterocycles. The summed E-state index contributed by atoms with van der Waals surface area (Å²) in [5.74, 6) is -0.384. The van der Waals surface area contributed by atoms with Crippen molar-refractivity contribution in [3.05, 3.63) is 35.9 Å². The first-order valence-corrected chi connectivity index (χ1v) is 24.6. The van der Waals surface area contributed by atoms with Crippen molar-refractivity contribution in [1.82, 2.24) is 16.0 Å². The van der Waals surface area contributed by atoms with Crippen molar-refractivity contribution in [3.63, 3.8) is 0 Å². The van der Waals surface area contributed by atoms with Gasteiger partial charge in [-0.15, -0.1) is 0 Å². The maximum atomic E-state index is 13.2. The van der Waals surface area contributed by atoms with Gasteiger partial charge < -0.3 is 35.3 Å². The van der Waals surface area contributed by atoms with Gasteiger partial charge in [0.2, 0.25) is 5.91 Å². The van der Waals surface area contributed by atoms with Crippen LogP contribution in [0.25, 0.3) is 0 Å². The summed E-state index contributed by atoms with van der Waals surface area (Å²) in [5, 5.41) is 17.6. The summed E-state index contributed by atoms with van der Waals surface area (Å²) in [7, 11) is 0. The zero-order chi connectivity index (χ0) is 43.8. The molecule has 3 amide bonds. The lowest BCUT2D eigenvalue weighted by molar-refractivity contribution is -0.124. The maximum absolute atomic E-state index is 13.2. The maximum Gasteiger partial charge on any atom is 0.407 e. The molecule has 0 spiro atoms. The Labute approximate surface area is 367 Å². The van der Waals surface area contributed by atoms with Crippen molar-refractivity contribution >= 4 is 18.1 Å². The van der Waals surface area contributed by atoms with Crippen molar-refractivity contribution in [2.24, 2.45) is 0 Å². The molecule has 4 N–H and O–H groups in total. The van der Waals surface area contributed by atoms with E-state index in [0.717, 1.165) is 32.1 Å². The number of carbonyl (C=O) groups is 3. The largest absolute Gasteiger partial charge is 0.465 e. The Balaban J connectivity index is 2.44. The number of hydrogen-bond donors (Lipinski definition) is 4. The van der Waals surface area contributed by atoms with Gasteiger partial charge in [0.15, 0.2) is 0 Å². The highest BCUT2D eigenvalue weighted by Crippen LogP contribution is 2.19. The Morgan fingerprint density at radius 3 is 1.65 bits per heavy atom. The van der Waals surface area contributed by atoms with Crippen molar-refractivity contribution in [3.8, 4) is 0 Å². The van der Waals surface area contributed by atoms with E-state index in [2.05, 4.69) is 41.9 Å². The van der Waals surface area contributed by atoms with E-state index in [1.165, 1.54) is 134 Å². The summed E-state index contributed by atoms with van der Waals surface area (Å²) in [4.78, 5) is 37.3. The van der Waals surface area contributed by atoms with Crippen LogP contribution in [-0.4, -0.2) is 73.9 Å². The number of unbranched alkanes of at least 4 members (excludes halogenated alkanes) is 23. The predicted molar refractivity (Wildman–Crippen MR) is 248 cm³/mol. The van der Waals surface area contributed by atoms with Gasteiger partial charge in [0.1, 0.15) is 11.6 Å². The molecule has 0 aliphatic rings. The van der Waals surface area contributed by atoms with Crippen molar-refractivity contribution in [1.29, 1.82) is 0 Å². The number of carboxylic acid groups (broad SMARTS) is 1. The number of nitrogens with one attached hydrogen (secondary N) is 3. The molecule has 1 aromatic carbocycles. The van der Waals surface area contributed by atoms with Crippen LogP contribution in [0.3, 0.4) is 0 Å². The number of aryl methyl sites for hydroxylation is 1. The number of amides is 3. The van der Waals surface area contributed by atoms with Crippen molar-refractivity contribution in [2.75, 3.05) is 32.9 Å². The fourth-order valence-electron chi connectivity index (χ4n) is 7.47. The second kappa shape index (κ2) is 39.0. The van der Waals surface area contributed by atoms with Gasteiger partial charge in [0, 0.05) is 26.3 Å². The first-order valence-electron chi connectivity index (χ1n) is 24.6. The third-order valence-corrected chi connectivity index (χ3v) is 11.3. The molecular formula is C50H91N3O7. The number of hydrogen-bond acceptors (Lipinski definition) is 6. The molecule has 0 aliphatic carbocycles. The van der Waals surface area contributed by atoms with Gasteiger partial charge >= 0.3 is 12.2 Å². The summed E-state index contributed by atoms with van der Waals surface area (Å²) in [6, 6.07) is 9.19. The van der Waals surface area contributed by atoms with E-state index in [1.54, 1.807) is 0 Å². The predicted octanol–water partition coefficient (Wildman–Crippen LogP) is 12.9. The Morgan fingerprint density at radius 1 is 0.633 bits per heavy atom. The lowest BCUT2D eigenvalue weighted by Gasteiger charge is -2.25. The van der Waals surface area contributed by atoms with E-state index in [-0.39, 0.29) is 18.6 Å². The fourth-order valence-corrected chi connectivity index (χ4v) is 7.47.